The molecule has 2 aliphatic rings. The Labute approximate surface area is 215 Å². The molecule has 37 heavy (non-hydrogen) atoms. The van der Waals surface area contributed by atoms with E-state index in [-0.39, 0.29) is 30.6 Å². The first kappa shape index (κ1) is 24.6. The number of likely N-dealkylation sites (tertiary alicyclic amines) is 1. The minimum Gasteiger partial charge on any atom is -0.380 e. The summed E-state index contributed by atoms with van der Waals surface area (Å²) >= 11 is 0. The Morgan fingerprint density at radius 1 is 1.19 bits per heavy atom. The maximum absolute atomic E-state index is 12.4. The lowest BCUT2D eigenvalue weighted by atomic mass is 10.0. The summed E-state index contributed by atoms with van der Waals surface area (Å²) in [6, 6.07) is 9.41. The second kappa shape index (κ2) is 10.1. The number of carbonyl (C=O) groups excluding carboxylic acids is 2. The fourth-order valence-electron chi connectivity index (χ4n) is 4.61. The highest BCUT2D eigenvalue weighted by molar-refractivity contribution is 5.96. The molecule has 1 aromatic carbocycles. The van der Waals surface area contributed by atoms with E-state index in [9.17, 15) is 14.7 Å². The van der Waals surface area contributed by atoms with Gasteiger partial charge in [0.1, 0.15) is 5.60 Å². The van der Waals surface area contributed by atoms with Crippen molar-refractivity contribution < 1.29 is 14.7 Å². The third kappa shape index (κ3) is 5.37. The van der Waals surface area contributed by atoms with Gasteiger partial charge < -0.3 is 15.3 Å². The number of piperidine rings is 1. The van der Waals surface area contributed by atoms with Gasteiger partial charge in [0.15, 0.2) is 5.78 Å². The van der Waals surface area contributed by atoms with Crippen molar-refractivity contribution in [1.29, 1.82) is 5.26 Å². The van der Waals surface area contributed by atoms with Crippen molar-refractivity contribution in [3.05, 3.63) is 54.0 Å². The van der Waals surface area contributed by atoms with Gasteiger partial charge in [0.25, 0.3) is 5.91 Å². The van der Waals surface area contributed by atoms with Gasteiger partial charge in [-0.3, -0.25) is 14.3 Å². The van der Waals surface area contributed by atoms with Gasteiger partial charge in [-0.25, -0.2) is 9.97 Å². The molecule has 190 valence electrons. The number of nitrogens with one attached hydrogen (secondary N) is 1. The number of carbonyl (C=O) groups is 2. The summed E-state index contributed by atoms with van der Waals surface area (Å²) in [5.74, 6) is 0.248. The van der Waals surface area contributed by atoms with Crippen LogP contribution in [0.25, 0.3) is 11.3 Å². The summed E-state index contributed by atoms with van der Waals surface area (Å²) in [4.78, 5) is 35.4. The average Bonchev–Trinajstić information content (AvgIpc) is 3.51. The molecule has 0 radical (unpaired) electrons. The maximum atomic E-state index is 12.4. The van der Waals surface area contributed by atoms with Crippen molar-refractivity contribution in [2.24, 2.45) is 0 Å². The van der Waals surface area contributed by atoms with Gasteiger partial charge in [-0.05, 0) is 38.2 Å². The highest BCUT2D eigenvalue weighted by Crippen LogP contribution is 2.38. The molecule has 3 heterocycles. The van der Waals surface area contributed by atoms with E-state index in [0.29, 0.717) is 37.4 Å². The molecular formula is C27H29N7O3. The van der Waals surface area contributed by atoms with Crippen molar-refractivity contribution in [1.82, 2.24) is 24.6 Å². The Kier molecular flexibility index (Phi) is 6.72. The van der Waals surface area contributed by atoms with Crippen LogP contribution in [0.2, 0.25) is 0 Å². The fourth-order valence-corrected chi connectivity index (χ4v) is 4.61. The molecule has 0 unspecified atom stereocenters. The molecule has 1 aliphatic heterocycles. The first-order valence-electron chi connectivity index (χ1n) is 12.5. The van der Waals surface area contributed by atoms with Crippen LogP contribution in [-0.4, -0.2) is 60.1 Å². The smallest absolute Gasteiger partial charge is 0.254 e. The Hall–Kier alpha value is -4.10. The first-order valence-corrected chi connectivity index (χ1v) is 12.5. The van der Waals surface area contributed by atoms with Crippen molar-refractivity contribution in [3.63, 3.8) is 0 Å². The molecule has 1 amide bonds. The van der Waals surface area contributed by atoms with Crippen molar-refractivity contribution in [2.45, 2.75) is 57.1 Å². The molecule has 2 N–H and O–H groups in total. The van der Waals surface area contributed by atoms with Gasteiger partial charge >= 0.3 is 0 Å². The molecule has 1 saturated carbocycles. The van der Waals surface area contributed by atoms with Crippen LogP contribution >= 0.6 is 0 Å². The summed E-state index contributed by atoms with van der Waals surface area (Å²) in [7, 11) is 0. The van der Waals surface area contributed by atoms with Gasteiger partial charge in [0.2, 0.25) is 5.95 Å². The van der Waals surface area contributed by atoms with E-state index < -0.39 is 5.60 Å². The van der Waals surface area contributed by atoms with Crippen LogP contribution in [0.5, 0.6) is 0 Å². The average molecular weight is 500 g/mol. The minimum absolute atomic E-state index is 0.0515. The van der Waals surface area contributed by atoms with Crippen LogP contribution < -0.4 is 5.32 Å². The Bertz CT molecular complexity index is 1350. The molecule has 2 fully saturated rings. The quantitative estimate of drug-likeness (QED) is 0.449. The molecule has 5 rings (SSSR count). The van der Waals surface area contributed by atoms with E-state index in [0.717, 1.165) is 35.3 Å². The number of benzene rings is 1. The number of aromatic nitrogens is 4. The lowest BCUT2D eigenvalue weighted by molar-refractivity contribution is -0.143. The van der Waals surface area contributed by atoms with E-state index in [1.165, 1.54) is 0 Å². The Morgan fingerprint density at radius 3 is 2.59 bits per heavy atom. The molecule has 2 aromatic heterocycles. The zero-order valence-corrected chi connectivity index (χ0v) is 20.7. The molecule has 10 heteroatoms. The predicted molar refractivity (Wildman–Crippen MR) is 136 cm³/mol. The number of aryl methyl sites for hydroxylation is 1. The number of anilines is 2. The highest BCUT2D eigenvalue weighted by atomic mass is 16.3. The van der Waals surface area contributed by atoms with E-state index in [1.54, 1.807) is 29.4 Å². The Balaban J connectivity index is 1.23. The number of rotatable bonds is 8. The maximum Gasteiger partial charge on any atom is 0.254 e. The SMILES string of the molecule is Cc1cnc(Nc2cnn(C3CCN(C(=O)C4(O)CC4)CC3)c2)nc1-c1ccc(C(=O)CCC#N)cc1. The number of hydrogen-bond donors (Lipinski definition) is 2. The zero-order chi connectivity index (χ0) is 26.0. The van der Waals surface area contributed by atoms with Gasteiger partial charge in [0.05, 0.1) is 29.7 Å². The van der Waals surface area contributed by atoms with E-state index in [1.807, 2.05) is 36.0 Å². The van der Waals surface area contributed by atoms with E-state index >= 15 is 0 Å². The summed E-state index contributed by atoms with van der Waals surface area (Å²) in [6.45, 7) is 3.16. The van der Waals surface area contributed by atoms with Crippen LogP contribution in [0.1, 0.15) is 60.5 Å². The topological polar surface area (TPSA) is 137 Å². The number of amides is 1. The summed E-state index contributed by atoms with van der Waals surface area (Å²) in [5, 5.41) is 26.5. The van der Waals surface area contributed by atoms with E-state index in [2.05, 4.69) is 20.4 Å². The Morgan fingerprint density at radius 2 is 1.92 bits per heavy atom. The van der Waals surface area contributed by atoms with Crippen LogP contribution in [0.15, 0.2) is 42.9 Å². The molecule has 10 nitrogen and oxygen atoms in total. The predicted octanol–water partition coefficient (Wildman–Crippen LogP) is 3.57. The van der Waals surface area contributed by atoms with Crippen LogP contribution in [0, 0.1) is 18.3 Å². The van der Waals surface area contributed by atoms with Gasteiger partial charge in [0, 0.05) is 49.5 Å². The summed E-state index contributed by atoms with van der Waals surface area (Å²) in [5.41, 5.74) is 2.76. The number of nitrogens with zero attached hydrogens (tertiary/aromatic N) is 6. The minimum atomic E-state index is -1.11. The van der Waals surface area contributed by atoms with Crippen LogP contribution in [0.3, 0.4) is 0 Å². The van der Waals surface area contributed by atoms with E-state index in [4.69, 9.17) is 5.26 Å². The third-order valence-corrected chi connectivity index (χ3v) is 7.02. The molecule has 3 aromatic rings. The number of Topliss-reactive ketones (excluding diaryl/α,β-unsaturated/α-hetero) is 1. The molecular weight excluding hydrogens is 470 g/mol. The number of hydrogen-bond acceptors (Lipinski definition) is 8. The number of nitriles is 1. The molecule has 1 aliphatic carbocycles. The molecule has 0 bridgehead atoms. The largest absolute Gasteiger partial charge is 0.380 e. The fraction of sp³-hybridized carbons (Fsp3) is 0.407. The highest BCUT2D eigenvalue weighted by Gasteiger charge is 2.50. The molecule has 0 atom stereocenters. The molecule has 0 spiro atoms. The number of ketones is 1. The van der Waals surface area contributed by atoms with Crippen molar-refractivity contribution in [3.8, 4) is 17.3 Å². The summed E-state index contributed by atoms with van der Waals surface area (Å²) in [6.07, 6.45) is 8.52. The van der Waals surface area contributed by atoms with Crippen molar-refractivity contribution in [2.75, 3.05) is 18.4 Å². The van der Waals surface area contributed by atoms with Gasteiger partial charge in [-0.1, -0.05) is 24.3 Å². The van der Waals surface area contributed by atoms with Gasteiger partial charge in [-0.2, -0.15) is 10.4 Å². The monoisotopic (exact) mass is 499 g/mol. The van der Waals surface area contributed by atoms with Crippen LogP contribution in [-0.2, 0) is 4.79 Å². The normalized spacial score (nSPS) is 16.7. The lowest BCUT2D eigenvalue weighted by Gasteiger charge is -2.33. The second-order valence-electron chi connectivity index (χ2n) is 9.77. The first-order chi connectivity index (χ1) is 17.9. The second-order valence-corrected chi connectivity index (χ2v) is 9.77. The summed E-state index contributed by atoms with van der Waals surface area (Å²) < 4.78 is 1.91. The van der Waals surface area contributed by atoms with Crippen LogP contribution in [0.4, 0.5) is 11.6 Å². The lowest BCUT2D eigenvalue weighted by Crippen LogP contribution is -2.45. The molecule has 1 saturated heterocycles. The third-order valence-electron chi connectivity index (χ3n) is 7.02. The standard InChI is InChI=1S/C27H29N7O3/c1-18-15-29-26(32-24(18)20-6-4-19(5-7-20)23(35)3-2-12-28)31-21-16-30-34(17-21)22-8-13-33(14-9-22)25(36)27(37)10-11-27/h4-7,15-17,22,37H,2-3,8-11,13-14H2,1H3,(H,29,31,32). The number of aliphatic hydroxyl groups is 1. The zero-order valence-electron chi connectivity index (χ0n) is 20.7. The van der Waals surface area contributed by atoms with Crippen molar-refractivity contribution >= 4 is 23.3 Å². The van der Waals surface area contributed by atoms with Gasteiger partial charge in [-0.15, -0.1) is 0 Å².